The van der Waals surface area contributed by atoms with Crippen molar-refractivity contribution in [3.63, 3.8) is 0 Å². The van der Waals surface area contributed by atoms with Crippen LogP contribution in [0.3, 0.4) is 0 Å². The molecule has 116 valence electrons. The number of hydrogen-bond donors (Lipinski definition) is 1. The molecule has 0 saturated heterocycles. The van der Waals surface area contributed by atoms with Crippen molar-refractivity contribution in [3.05, 3.63) is 17.6 Å². The number of carbonyl (C=O) groups excluding carboxylic acids is 1. The topological polar surface area (TPSA) is 87.3 Å². The molecule has 0 aromatic carbocycles. The third kappa shape index (κ3) is 3.32. The van der Waals surface area contributed by atoms with Crippen LogP contribution >= 0.6 is 0 Å². The molecule has 1 aromatic rings. The molecular formula is C15H23N3O3. The van der Waals surface area contributed by atoms with Crippen molar-refractivity contribution < 1.29 is 14.3 Å². The normalized spacial score (nSPS) is 18.0. The summed E-state index contributed by atoms with van der Waals surface area (Å²) in [5.74, 6) is 0.206. The number of nitrogens with two attached hydrogens (primary N) is 1. The molecule has 0 bridgehead atoms. The van der Waals surface area contributed by atoms with Gasteiger partial charge >= 0.3 is 5.97 Å². The number of rotatable bonds is 4. The van der Waals surface area contributed by atoms with Gasteiger partial charge in [-0.1, -0.05) is 25.7 Å². The Balaban J connectivity index is 2.36. The van der Waals surface area contributed by atoms with E-state index in [1.54, 1.807) is 0 Å². The van der Waals surface area contributed by atoms with E-state index >= 15 is 0 Å². The summed E-state index contributed by atoms with van der Waals surface area (Å²) < 4.78 is 10.7. The highest BCUT2D eigenvalue weighted by atomic mass is 16.5. The molecule has 0 radical (unpaired) electrons. The Labute approximate surface area is 125 Å². The Bertz CT molecular complexity index is 497. The summed E-state index contributed by atoms with van der Waals surface area (Å²) in [6.07, 6.45) is 7.78. The SMILES string of the molecule is CCOC1(c2ncc(C(=O)OC)c(N)n2)CCCCCC1. The van der Waals surface area contributed by atoms with E-state index in [2.05, 4.69) is 14.7 Å². The van der Waals surface area contributed by atoms with Crippen LogP contribution < -0.4 is 5.73 Å². The first kappa shape index (κ1) is 15.7. The van der Waals surface area contributed by atoms with Crippen molar-refractivity contribution in [3.8, 4) is 0 Å². The molecule has 21 heavy (non-hydrogen) atoms. The lowest BCUT2D eigenvalue weighted by Gasteiger charge is -2.31. The fourth-order valence-corrected chi connectivity index (χ4v) is 2.89. The molecule has 2 rings (SSSR count). The minimum Gasteiger partial charge on any atom is -0.465 e. The Morgan fingerprint density at radius 3 is 2.52 bits per heavy atom. The van der Waals surface area contributed by atoms with Gasteiger partial charge in [0.15, 0.2) is 5.82 Å². The Kier molecular flexibility index (Phi) is 5.12. The van der Waals surface area contributed by atoms with Gasteiger partial charge in [0.25, 0.3) is 0 Å². The van der Waals surface area contributed by atoms with Gasteiger partial charge in [0.1, 0.15) is 17.0 Å². The third-order valence-corrected chi connectivity index (χ3v) is 3.96. The molecule has 6 nitrogen and oxygen atoms in total. The van der Waals surface area contributed by atoms with Crippen LogP contribution in [0.5, 0.6) is 0 Å². The van der Waals surface area contributed by atoms with Crippen LogP contribution in [0.15, 0.2) is 6.20 Å². The highest BCUT2D eigenvalue weighted by Crippen LogP contribution is 2.38. The number of anilines is 1. The second-order valence-electron chi connectivity index (χ2n) is 5.33. The maximum Gasteiger partial charge on any atom is 0.343 e. The van der Waals surface area contributed by atoms with E-state index in [0.717, 1.165) is 25.7 Å². The van der Waals surface area contributed by atoms with E-state index in [9.17, 15) is 4.79 Å². The van der Waals surface area contributed by atoms with Crippen LogP contribution in [-0.2, 0) is 15.1 Å². The molecule has 6 heteroatoms. The molecule has 0 unspecified atom stereocenters. The quantitative estimate of drug-likeness (QED) is 0.677. The van der Waals surface area contributed by atoms with Crippen LogP contribution in [0.25, 0.3) is 0 Å². The summed E-state index contributed by atoms with van der Waals surface area (Å²) in [6.45, 7) is 2.57. The zero-order valence-electron chi connectivity index (χ0n) is 12.7. The van der Waals surface area contributed by atoms with Gasteiger partial charge in [0, 0.05) is 12.8 Å². The third-order valence-electron chi connectivity index (χ3n) is 3.96. The molecule has 1 aliphatic carbocycles. The van der Waals surface area contributed by atoms with Gasteiger partial charge in [-0.05, 0) is 19.8 Å². The number of hydrogen-bond acceptors (Lipinski definition) is 6. The van der Waals surface area contributed by atoms with Gasteiger partial charge < -0.3 is 15.2 Å². The van der Waals surface area contributed by atoms with E-state index in [1.165, 1.54) is 26.1 Å². The number of nitrogens with zero attached hydrogens (tertiary/aromatic N) is 2. The lowest BCUT2D eigenvalue weighted by Crippen LogP contribution is -2.32. The molecule has 1 fully saturated rings. The molecule has 1 aromatic heterocycles. The maximum atomic E-state index is 11.6. The van der Waals surface area contributed by atoms with Crippen LogP contribution in [0, 0.1) is 0 Å². The molecule has 0 amide bonds. The molecule has 1 saturated carbocycles. The summed E-state index contributed by atoms with van der Waals surface area (Å²) in [5, 5.41) is 0. The molecule has 1 aliphatic rings. The van der Waals surface area contributed by atoms with Crippen molar-refractivity contribution in [2.75, 3.05) is 19.5 Å². The number of esters is 1. The van der Waals surface area contributed by atoms with E-state index in [4.69, 9.17) is 10.5 Å². The molecular weight excluding hydrogens is 270 g/mol. The Morgan fingerprint density at radius 1 is 1.33 bits per heavy atom. The van der Waals surface area contributed by atoms with Crippen LogP contribution in [0.2, 0.25) is 0 Å². The predicted octanol–water partition coefficient (Wildman–Crippen LogP) is 2.43. The van der Waals surface area contributed by atoms with E-state index in [1.807, 2.05) is 6.92 Å². The fraction of sp³-hybridized carbons (Fsp3) is 0.667. The first-order valence-electron chi connectivity index (χ1n) is 7.48. The van der Waals surface area contributed by atoms with Crippen molar-refractivity contribution in [1.29, 1.82) is 0 Å². The number of nitrogen functional groups attached to an aromatic ring is 1. The fourth-order valence-electron chi connectivity index (χ4n) is 2.89. The molecule has 2 N–H and O–H groups in total. The highest BCUT2D eigenvalue weighted by molar-refractivity contribution is 5.93. The van der Waals surface area contributed by atoms with Gasteiger partial charge in [0.05, 0.1) is 7.11 Å². The van der Waals surface area contributed by atoms with E-state index in [0.29, 0.717) is 12.4 Å². The molecule has 0 atom stereocenters. The van der Waals surface area contributed by atoms with Gasteiger partial charge in [0.2, 0.25) is 0 Å². The number of carbonyl (C=O) groups is 1. The van der Waals surface area contributed by atoms with Crippen molar-refractivity contribution >= 4 is 11.8 Å². The molecule has 0 aliphatic heterocycles. The van der Waals surface area contributed by atoms with Gasteiger partial charge in [-0.25, -0.2) is 14.8 Å². The summed E-state index contributed by atoms with van der Waals surface area (Å²) in [7, 11) is 1.31. The Morgan fingerprint density at radius 2 is 2.00 bits per heavy atom. The average molecular weight is 293 g/mol. The van der Waals surface area contributed by atoms with Crippen molar-refractivity contribution in [2.24, 2.45) is 0 Å². The van der Waals surface area contributed by atoms with Gasteiger partial charge in [-0.3, -0.25) is 0 Å². The minimum atomic E-state index is -0.523. The number of ether oxygens (including phenoxy) is 2. The monoisotopic (exact) mass is 293 g/mol. The second kappa shape index (κ2) is 6.85. The van der Waals surface area contributed by atoms with Crippen LogP contribution in [0.1, 0.15) is 61.6 Å². The lowest BCUT2D eigenvalue weighted by atomic mass is 9.93. The maximum absolute atomic E-state index is 11.6. The van der Waals surface area contributed by atoms with Crippen molar-refractivity contribution in [1.82, 2.24) is 9.97 Å². The lowest BCUT2D eigenvalue weighted by molar-refractivity contribution is -0.0623. The first-order valence-corrected chi connectivity index (χ1v) is 7.48. The summed E-state index contributed by atoms with van der Waals surface area (Å²) in [6, 6.07) is 0. The van der Waals surface area contributed by atoms with Crippen LogP contribution in [0.4, 0.5) is 5.82 Å². The zero-order valence-corrected chi connectivity index (χ0v) is 12.7. The van der Waals surface area contributed by atoms with Crippen molar-refractivity contribution in [2.45, 2.75) is 51.0 Å². The van der Waals surface area contributed by atoms with E-state index < -0.39 is 11.6 Å². The zero-order chi connectivity index (χ0) is 15.3. The second-order valence-corrected chi connectivity index (χ2v) is 5.33. The smallest absolute Gasteiger partial charge is 0.343 e. The Hall–Kier alpha value is -1.69. The average Bonchev–Trinajstić information content (AvgIpc) is 2.73. The predicted molar refractivity (Wildman–Crippen MR) is 78.8 cm³/mol. The highest BCUT2D eigenvalue weighted by Gasteiger charge is 2.37. The number of aromatic nitrogens is 2. The standard InChI is InChI=1S/C15H23N3O3/c1-3-21-15(8-6-4-5-7-9-15)14-17-10-11(12(16)18-14)13(19)20-2/h10H,3-9H2,1-2H3,(H2,16,17,18). The van der Waals surface area contributed by atoms with Gasteiger partial charge in [-0.2, -0.15) is 0 Å². The van der Waals surface area contributed by atoms with E-state index in [-0.39, 0.29) is 11.4 Å². The molecule has 1 heterocycles. The summed E-state index contributed by atoms with van der Waals surface area (Å²) >= 11 is 0. The number of methoxy groups -OCH3 is 1. The first-order chi connectivity index (χ1) is 10.1. The largest absolute Gasteiger partial charge is 0.465 e. The minimum absolute atomic E-state index is 0.148. The molecule has 0 spiro atoms. The summed E-state index contributed by atoms with van der Waals surface area (Å²) in [5.41, 5.74) is 5.61. The van der Waals surface area contributed by atoms with Crippen LogP contribution in [-0.4, -0.2) is 29.7 Å². The summed E-state index contributed by atoms with van der Waals surface area (Å²) in [4.78, 5) is 20.3. The van der Waals surface area contributed by atoms with Gasteiger partial charge in [-0.15, -0.1) is 0 Å².